The van der Waals surface area contributed by atoms with Crippen LogP contribution in [0.5, 0.6) is 0 Å². The SMILES string of the molecule is C[C@H](NC(=O)c1ccccc1)C(=O)OCc1ccc(F)cc1Cl. The molecule has 0 bridgehead atoms. The summed E-state index contributed by atoms with van der Waals surface area (Å²) in [6.45, 7) is 1.43. The van der Waals surface area contributed by atoms with Crippen molar-refractivity contribution >= 4 is 23.5 Å². The van der Waals surface area contributed by atoms with E-state index < -0.39 is 17.8 Å². The molecule has 0 heterocycles. The zero-order valence-electron chi connectivity index (χ0n) is 12.4. The third-order valence-corrected chi connectivity index (χ3v) is 3.47. The molecule has 0 unspecified atom stereocenters. The zero-order chi connectivity index (χ0) is 16.8. The lowest BCUT2D eigenvalue weighted by Gasteiger charge is -2.14. The average molecular weight is 336 g/mol. The van der Waals surface area contributed by atoms with E-state index in [1.807, 2.05) is 0 Å². The molecule has 1 N–H and O–H groups in total. The highest BCUT2D eigenvalue weighted by molar-refractivity contribution is 6.31. The number of ether oxygens (including phenoxy) is 1. The van der Waals surface area contributed by atoms with Crippen molar-refractivity contribution in [2.45, 2.75) is 19.6 Å². The van der Waals surface area contributed by atoms with Gasteiger partial charge in [0.25, 0.3) is 5.91 Å². The van der Waals surface area contributed by atoms with Crippen LogP contribution < -0.4 is 5.32 Å². The smallest absolute Gasteiger partial charge is 0.328 e. The minimum Gasteiger partial charge on any atom is -0.459 e. The maximum Gasteiger partial charge on any atom is 0.328 e. The Kier molecular flexibility index (Phi) is 5.71. The first-order valence-corrected chi connectivity index (χ1v) is 7.31. The summed E-state index contributed by atoms with van der Waals surface area (Å²) in [5.41, 5.74) is 0.941. The summed E-state index contributed by atoms with van der Waals surface area (Å²) in [5.74, 6) is -1.43. The van der Waals surface area contributed by atoms with E-state index in [0.717, 1.165) is 6.07 Å². The quantitative estimate of drug-likeness (QED) is 0.853. The Morgan fingerprint density at radius 1 is 1.22 bits per heavy atom. The van der Waals surface area contributed by atoms with E-state index in [9.17, 15) is 14.0 Å². The van der Waals surface area contributed by atoms with Crippen molar-refractivity contribution in [1.82, 2.24) is 5.32 Å². The minimum atomic E-state index is -0.818. The van der Waals surface area contributed by atoms with Gasteiger partial charge in [0.15, 0.2) is 0 Å². The van der Waals surface area contributed by atoms with Gasteiger partial charge >= 0.3 is 5.97 Å². The van der Waals surface area contributed by atoms with Gasteiger partial charge in [0.05, 0.1) is 5.02 Å². The van der Waals surface area contributed by atoms with Gasteiger partial charge in [0.2, 0.25) is 0 Å². The predicted molar refractivity (Wildman–Crippen MR) is 84.6 cm³/mol. The monoisotopic (exact) mass is 335 g/mol. The summed E-state index contributed by atoms with van der Waals surface area (Å²) in [5, 5.41) is 2.73. The number of hydrogen-bond donors (Lipinski definition) is 1. The molecule has 0 aliphatic heterocycles. The van der Waals surface area contributed by atoms with Crippen LogP contribution in [0, 0.1) is 5.82 Å². The number of benzene rings is 2. The molecule has 0 aliphatic rings. The van der Waals surface area contributed by atoms with Crippen molar-refractivity contribution in [2.24, 2.45) is 0 Å². The Hall–Kier alpha value is -2.40. The molecule has 0 saturated carbocycles. The molecule has 0 saturated heterocycles. The van der Waals surface area contributed by atoms with Crippen molar-refractivity contribution in [2.75, 3.05) is 0 Å². The van der Waals surface area contributed by atoms with E-state index >= 15 is 0 Å². The lowest BCUT2D eigenvalue weighted by molar-refractivity contribution is -0.146. The average Bonchev–Trinajstić information content (AvgIpc) is 2.54. The van der Waals surface area contributed by atoms with Crippen LogP contribution >= 0.6 is 11.6 Å². The molecule has 1 amide bonds. The van der Waals surface area contributed by atoms with Crippen molar-refractivity contribution in [3.05, 3.63) is 70.5 Å². The first kappa shape index (κ1) is 17.0. The molecule has 2 aromatic carbocycles. The molecule has 1 atom stereocenters. The van der Waals surface area contributed by atoms with Gasteiger partial charge in [-0.3, -0.25) is 4.79 Å². The van der Waals surface area contributed by atoms with E-state index in [2.05, 4.69) is 5.32 Å². The molecule has 0 aromatic heterocycles. The van der Waals surface area contributed by atoms with Gasteiger partial charge in [-0.05, 0) is 31.2 Å². The van der Waals surface area contributed by atoms with Crippen LogP contribution in [0.3, 0.4) is 0 Å². The normalized spacial score (nSPS) is 11.6. The number of esters is 1. The highest BCUT2D eigenvalue weighted by Gasteiger charge is 2.18. The second kappa shape index (κ2) is 7.74. The van der Waals surface area contributed by atoms with Crippen LogP contribution in [0.15, 0.2) is 48.5 Å². The Morgan fingerprint density at radius 3 is 2.57 bits per heavy atom. The lowest BCUT2D eigenvalue weighted by Crippen LogP contribution is -2.39. The lowest BCUT2D eigenvalue weighted by atomic mass is 10.2. The van der Waals surface area contributed by atoms with Gasteiger partial charge in [0.1, 0.15) is 18.5 Å². The molecule has 120 valence electrons. The summed E-state index contributed by atoms with van der Waals surface area (Å²) in [7, 11) is 0. The molecule has 0 spiro atoms. The Bertz CT molecular complexity index is 706. The third-order valence-electron chi connectivity index (χ3n) is 3.12. The first-order chi connectivity index (χ1) is 11.0. The summed E-state index contributed by atoms with van der Waals surface area (Å²) in [6, 6.07) is 11.5. The highest BCUT2D eigenvalue weighted by Crippen LogP contribution is 2.18. The van der Waals surface area contributed by atoms with Crippen LogP contribution in [0.25, 0.3) is 0 Å². The molecule has 6 heteroatoms. The van der Waals surface area contributed by atoms with Crippen molar-refractivity contribution in [1.29, 1.82) is 0 Å². The van der Waals surface area contributed by atoms with Gasteiger partial charge < -0.3 is 10.1 Å². The molecule has 2 aromatic rings. The van der Waals surface area contributed by atoms with Crippen LogP contribution in [-0.2, 0) is 16.1 Å². The van der Waals surface area contributed by atoms with E-state index in [1.165, 1.54) is 19.1 Å². The van der Waals surface area contributed by atoms with Crippen molar-refractivity contribution in [3.63, 3.8) is 0 Å². The number of carbonyl (C=O) groups is 2. The molecular formula is C17H15ClFNO3. The van der Waals surface area contributed by atoms with Crippen LogP contribution in [-0.4, -0.2) is 17.9 Å². The molecule has 0 radical (unpaired) electrons. The van der Waals surface area contributed by atoms with Crippen molar-refractivity contribution < 1.29 is 18.7 Å². The Labute approximate surface area is 138 Å². The Balaban J connectivity index is 1.89. The molecule has 0 fully saturated rings. The van der Waals surface area contributed by atoms with Crippen LogP contribution in [0.1, 0.15) is 22.8 Å². The van der Waals surface area contributed by atoms with Gasteiger partial charge in [0, 0.05) is 11.1 Å². The fraction of sp³-hybridized carbons (Fsp3) is 0.176. The molecule has 23 heavy (non-hydrogen) atoms. The number of amides is 1. The van der Waals surface area contributed by atoms with Gasteiger partial charge in [-0.25, -0.2) is 9.18 Å². The second-order valence-corrected chi connectivity index (χ2v) is 5.31. The summed E-state index contributed by atoms with van der Waals surface area (Å²) in [6.07, 6.45) is 0. The minimum absolute atomic E-state index is 0.0938. The maximum atomic E-state index is 12.9. The third kappa shape index (κ3) is 4.79. The molecule has 2 rings (SSSR count). The fourth-order valence-corrected chi connectivity index (χ4v) is 2.06. The number of halogens is 2. The van der Waals surface area contributed by atoms with E-state index in [0.29, 0.717) is 11.1 Å². The molecular weight excluding hydrogens is 321 g/mol. The van der Waals surface area contributed by atoms with Crippen LogP contribution in [0.4, 0.5) is 4.39 Å². The summed E-state index contributed by atoms with van der Waals surface area (Å²) < 4.78 is 18.0. The summed E-state index contributed by atoms with van der Waals surface area (Å²) >= 11 is 5.86. The zero-order valence-corrected chi connectivity index (χ0v) is 13.1. The number of hydrogen-bond acceptors (Lipinski definition) is 3. The Morgan fingerprint density at radius 2 is 1.91 bits per heavy atom. The van der Waals surface area contributed by atoms with Gasteiger partial charge in [-0.2, -0.15) is 0 Å². The fourth-order valence-electron chi connectivity index (χ4n) is 1.84. The highest BCUT2D eigenvalue weighted by atomic mass is 35.5. The maximum absolute atomic E-state index is 12.9. The number of nitrogens with one attached hydrogen (secondary N) is 1. The molecule has 4 nitrogen and oxygen atoms in total. The summed E-state index contributed by atoms with van der Waals surface area (Å²) in [4.78, 5) is 23.9. The van der Waals surface area contributed by atoms with Crippen molar-refractivity contribution in [3.8, 4) is 0 Å². The second-order valence-electron chi connectivity index (χ2n) is 4.90. The van der Waals surface area contributed by atoms with Gasteiger partial charge in [-0.1, -0.05) is 35.9 Å². The standard InChI is InChI=1S/C17H15ClFNO3/c1-11(20-16(21)12-5-3-2-4-6-12)17(22)23-10-13-7-8-14(19)9-15(13)18/h2-9,11H,10H2,1H3,(H,20,21)/t11-/m0/s1. The van der Waals surface area contributed by atoms with E-state index in [1.54, 1.807) is 30.3 Å². The first-order valence-electron chi connectivity index (χ1n) is 6.94. The van der Waals surface area contributed by atoms with E-state index in [-0.39, 0.29) is 17.5 Å². The van der Waals surface area contributed by atoms with E-state index in [4.69, 9.17) is 16.3 Å². The predicted octanol–water partition coefficient (Wildman–Crippen LogP) is 3.34. The van der Waals surface area contributed by atoms with Crippen LogP contribution in [0.2, 0.25) is 5.02 Å². The van der Waals surface area contributed by atoms with Gasteiger partial charge in [-0.15, -0.1) is 0 Å². The number of carbonyl (C=O) groups excluding carboxylic acids is 2. The molecule has 0 aliphatic carbocycles. The topological polar surface area (TPSA) is 55.4 Å². The number of rotatable bonds is 5. The largest absolute Gasteiger partial charge is 0.459 e.